The van der Waals surface area contributed by atoms with E-state index in [1.165, 1.54) is 5.69 Å². The fraction of sp³-hybridized carbons (Fsp3) is 0.304. The van der Waals surface area contributed by atoms with Gasteiger partial charge in [0.05, 0.1) is 11.8 Å². The van der Waals surface area contributed by atoms with Crippen LogP contribution in [0.1, 0.15) is 13.8 Å². The third kappa shape index (κ3) is 4.77. The molecule has 1 N–H and O–H groups in total. The quantitative estimate of drug-likeness (QED) is 0.677. The first kappa shape index (κ1) is 19.1. The molecule has 6 nitrogen and oxygen atoms in total. The zero-order valence-electron chi connectivity index (χ0n) is 17.0. The monoisotopic (exact) mass is 389 g/mol. The average Bonchev–Trinajstić information content (AvgIpc) is 2.76. The van der Waals surface area contributed by atoms with Gasteiger partial charge in [-0.25, -0.2) is 4.98 Å². The molecule has 1 saturated heterocycles. The number of piperazine rings is 1. The van der Waals surface area contributed by atoms with E-state index in [0.717, 1.165) is 43.4 Å². The van der Waals surface area contributed by atoms with E-state index in [-0.39, 0.29) is 6.10 Å². The highest BCUT2D eigenvalue weighted by Crippen LogP contribution is 2.28. The zero-order valence-corrected chi connectivity index (χ0v) is 17.0. The lowest BCUT2D eigenvalue weighted by molar-refractivity contribution is 0.244. The summed E-state index contributed by atoms with van der Waals surface area (Å²) >= 11 is 0. The first-order valence-electron chi connectivity index (χ1n) is 10.1. The van der Waals surface area contributed by atoms with Crippen LogP contribution in [-0.2, 0) is 0 Å². The molecule has 29 heavy (non-hydrogen) atoms. The Morgan fingerprint density at radius 3 is 2.31 bits per heavy atom. The van der Waals surface area contributed by atoms with Gasteiger partial charge in [0.1, 0.15) is 11.6 Å². The summed E-state index contributed by atoms with van der Waals surface area (Å²) in [7, 11) is 0. The number of hydrogen-bond acceptors (Lipinski definition) is 6. The molecule has 1 aliphatic rings. The van der Waals surface area contributed by atoms with Crippen molar-refractivity contribution >= 4 is 23.1 Å². The molecule has 4 rings (SSSR count). The lowest BCUT2D eigenvalue weighted by Crippen LogP contribution is -2.46. The molecule has 0 bridgehead atoms. The Kier molecular flexibility index (Phi) is 5.79. The van der Waals surface area contributed by atoms with E-state index in [2.05, 4.69) is 50.4 Å². The Morgan fingerprint density at radius 1 is 0.862 bits per heavy atom. The van der Waals surface area contributed by atoms with Crippen LogP contribution in [0.2, 0.25) is 0 Å². The van der Waals surface area contributed by atoms with Crippen molar-refractivity contribution in [1.29, 1.82) is 0 Å². The van der Waals surface area contributed by atoms with Crippen molar-refractivity contribution in [2.24, 2.45) is 0 Å². The van der Waals surface area contributed by atoms with E-state index in [9.17, 15) is 0 Å². The van der Waals surface area contributed by atoms with Gasteiger partial charge in [0.15, 0.2) is 0 Å². The van der Waals surface area contributed by atoms with Crippen molar-refractivity contribution in [1.82, 2.24) is 9.97 Å². The van der Waals surface area contributed by atoms with E-state index < -0.39 is 0 Å². The second-order valence-corrected chi connectivity index (χ2v) is 7.34. The molecule has 0 radical (unpaired) electrons. The maximum Gasteiger partial charge on any atom is 0.229 e. The van der Waals surface area contributed by atoms with E-state index in [0.29, 0.717) is 5.95 Å². The zero-order chi connectivity index (χ0) is 20.1. The molecule has 0 spiro atoms. The van der Waals surface area contributed by atoms with Crippen LogP contribution in [0.4, 0.5) is 23.1 Å². The third-order valence-corrected chi connectivity index (χ3v) is 4.86. The Labute approximate surface area is 172 Å². The third-order valence-electron chi connectivity index (χ3n) is 4.86. The summed E-state index contributed by atoms with van der Waals surface area (Å²) in [6.07, 6.45) is 1.91. The number of rotatable bonds is 6. The minimum Gasteiger partial charge on any atom is -0.489 e. The minimum atomic E-state index is 0.103. The fourth-order valence-corrected chi connectivity index (χ4v) is 3.47. The van der Waals surface area contributed by atoms with Gasteiger partial charge in [0, 0.05) is 38.1 Å². The topological polar surface area (TPSA) is 53.5 Å². The fourth-order valence-electron chi connectivity index (χ4n) is 3.47. The number of benzene rings is 2. The predicted octanol–water partition coefficient (Wildman–Crippen LogP) is 4.33. The highest BCUT2D eigenvalue weighted by molar-refractivity contribution is 5.63. The number of anilines is 4. The van der Waals surface area contributed by atoms with Gasteiger partial charge in [0.2, 0.25) is 5.95 Å². The first-order valence-corrected chi connectivity index (χ1v) is 10.1. The molecular weight excluding hydrogens is 362 g/mol. The Bertz CT molecular complexity index is 923. The Balaban J connectivity index is 1.44. The van der Waals surface area contributed by atoms with Gasteiger partial charge in [-0.2, -0.15) is 4.98 Å². The van der Waals surface area contributed by atoms with Crippen LogP contribution < -0.4 is 19.9 Å². The van der Waals surface area contributed by atoms with Gasteiger partial charge >= 0.3 is 0 Å². The van der Waals surface area contributed by atoms with Gasteiger partial charge in [-0.3, -0.25) is 0 Å². The van der Waals surface area contributed by atoms with E-state index in [4.69, 9.17) is 9.72 Å². The van der Waals surface area contributed by atoms with Crippen molar-refractivity contribution in [2.75, 3.05) is 41.3 Å². The molecule has 1 aliphatic heterocycles. The second-order valence-electron chi connectivity index (χ2n) is 7.34. The molecular formula is C23H27N5O. The Hall–Kier alpha value is -3.28. The maximum atomic E-state index is 5.88. The molecule has 0 atom stereocenters. The SMILES string of the molecule is CC(C)Oc1ccccc1Nc1nccc(N2CCN(c3ccccc3)CC2)n1. The van der Waals surface area contributed by atoms with Crippen LogP contribution in [0.5, 0.6) is 5.75 Å². The first-order chi connectivity index (χ1) is 14.2. The summed E-state index contributed by atoms with van der Waals surface area (Å²) in [6, 6.07) is 20.4. The normalized spacial score (nSPS) is 14.2. The number of para-hydroxylation sites is 3. The summed E-state index contributed by atoms with van der Waals surface area (Å²) in [5.41, 5.74) is 2.14. The molecule has 2 aromatic carbocycles. The molecule has 0 saturated carbocycles. The van der Waals surface area contributed by atoms with E-state index >= 15 is 0 Å². The highest BCUT2D eigenvalue weighted by Gasteiger charge is 2.19. The number of ether oxygens (including phenoxy) is 1. The number of aromatic nitrogens is 2. The van der Waals surface area contributed by atoms with Crippen molar-refractivity contribution in [3.05, 3.63) is 66.9 Å². The summed E-state index contributed by atoms with van der Waals surface area (Å²) in [5.74, 6) is 2.32. The molecule has 6 heteroatoms. The van der Waals surface area contributed by atoms with Crippen LogP contribution in [0, 0.1) is 0 Å². The van der Waals surface area contributed by atoms with Crippen LogP contribution in [0.25, 0.3) is 0 Å². The highest BCUT2D eigenvalue weighted by atomic mass is 16.5. The van der Waals surface area contributed by atoms with Gasteiger partial charge in [-0.1, -0.05) is 30.3 Å². The van der Waals surface area contributed by atoms with Gasteiger partial charge in [0.25, 0.3) is 0 Å². The van der Waals surface area contributed by atoms with Crippen LogP contribution in [-0.4, -0.2) is 42.3 Å². The summed E-state index contributed by atoms with van der Waals surface area (Å²) in [6.45, 7) is 7.84. The summed E-state index contributed by atoms with van der Waals surface area (Å²) in [4.78, 5) is 13.9. The lowest BCUT2D eigenvalue weighted by Gasteiger charge is -2.36. The van der Waals surface area contributed by atoms with Gasteiger partial charge in [-0.15, -0.1) is 0 Å². The van der Waals surface area contributed by atoms with Crippen molar-refractivity contribution in [3.8, 4) is 5.75 Å². The lowest BCUT2D eigenvalue weighted by atomic mass is 10.2. The molecule has 3 aromatic rings. The van der Waals surface area contributed by atoms with Crippen LogP contribution in [0.15, 0.2) is 66.9 Å². The number of hydrogen-bond donors (Lipinski definition) is 1. The number of nitrogens with one attached hydrogen (secondary N) is 1. The number of nitrogens with zero attached hydrogens (tertiary/aromatic N) is 4. The molecule has 2 heterocycles. The van der Waals surface area contributed by atoms with Crippen molar-refractivity contribution < 1.29 is 4.74 Å². The molecule has 0 unspecified atom stereocenters. The summed E-state index contributed by atoms with van der Waals surface area (Å²) in [5, 5.41) is 3.31. The average molecular weight is 390 g/mol. The van der Waals surface area contributed by atoms with E-state index in [1.54, 1.807) is 6.20 Å². The molecule has 0 amide bonds. The van der Waals surface area contributed by atoms with Crippen LogP contribution in [0.3, 0.4) is 0 Å². The predicted molar refractivity (Wildman–Crippen MR) is 118 cm³/mol. The van der Waals surface area contributed by atoms with Gasteiger partial charge in [-0.05, 0) is 44.2 Å². The summed E-state index contributed by atoms with van der Waals surface area (Å²) < 4.78 is 5.88. The largest absolute Gasteiger partial charge is 0.489 e. The van der Waals surface area contributed by atoms with Crippen molar-refractivity contribution in [2.45, 2.75) is 20.0 Å². The van der Waals surface area contributed by atoms with Gasteiger partial charge < -0.3 is 19.9 Å². The van der Waals surface area contributed by atoms with Crippen molar-refractivity contribution in [3.63, 3.8) is 0 Å². The minimum absolute atomic E-state index is 0.103. The molecule has 1 aromatic heterocycles. The Morgan fingerprint density at radius 2 is 1.55 bits per heavy atom. The maximum absolute atomic E-state index is 5.88. The molecule has 0 aliphatic carbocycles. The van der Waals surface area contributed by atoms with E-state index in [1.807, 2.05) is 44.2 Å². The van der Waals surface area contributed by atoms with Crippen LogP contribution >= 0.6 is 0 Å². The molecule has 150 valence electrons. The second kappa shape index (κ2) is 8.82. The standard InChI is InChI=1S/C23H27N5O/c1-18(2)29-21-11-7-6-10-20(21)25-23-24-13-12-22(26-23)28-16-14-27(15-17-28)19-8-4-3-5-9-19/h3-13,18H,14-17H2,1-2H3,(H,24,25,26). The smallest absolute Gasteiger partial charge is 0.229 e. The molecule has 1 fully saturated rings.